The SMILES string of the molecule is c1cc(-c2ccc3c(c2)OCO3)c2[nH]c(-c3n[nH]c4ccc(-c5cncc(OC6CCCCC6)c5)nc34)nc2n1. The first-order valence-electron chi connectivity index (χ1n) is 13.5. The molecule has 8 rings (SSSR count). The Hall–Kier alpha value is -4.99. The van der Waals surface area contributed by atoms with Crippen molar-refractivity contribution in [2.45, 2.75) is 38.2 Å². The second-order valence-electron chi connectivity index (χ2n) is 10.2. The van der Waals surface area contributed by atoms with Gasteiger partial charge in [-0.1, -0.05) is 12.5 Å². The molecule has 0 radical (unpaired) electrons. The van der Waals surface area contributed by atoms with Crippen molar-refractivity contribution in [2.75, 3.05) is 6.79 Å². The summed E-state index contributed by atoms with van der Waals surface area (Å²) in [4.78, 5) is 22.1. The van der Waals surface area contributed by atoms with Crippen molar-refractivity contribution in [3.63, 3.8) is 0 Å². The maximum Gasteiger partial charge on any atom is 0.231 e. The fourth-order valence-electron chi connectivity index (χ4n) is 5.55. The van der Waals surface area contributed by atoms with Crippen LogP contribution in [-0.4, -0.2) is 48.0 Å². The Morgan fingerprint density at radius 2 is 1.80 bits per heavy atom. The van der Waals surface area contributed by atoms with Crippen molar-refractivity contribution in [2.24, 2.45) is 0 Å². The molecule has 40 heavy (non-hydrogen) atoms. The van der Waals surface area contributed by atoms with E-state index in [2.05, 4.69) is 25.1 Å². The molecular weight excluding hydrogens is 506 g/mol. The number of hydrogen-bond donors (Lipinski definition) is 2. The summed E-state index contributed by atoms with van der Waals surface area (Å²) in [6.07, 6.45) is 11.5. The molecule has 1 fully saturated rings. The quantitative estimate of drug-likeness (QED) is 0.275. The maximum absolute atomic E-state index is 6.24. The molecular formula is C30H25N7O3. The standard InChI is InChI=1S/C30H25N7O3/c1-2-4-19(5-3-1)40-20-12-18(14-31-15-20)22-7-8-23-27(33-22)28(37-36-23)30-34-26-21(10-11-32-29(26)35-30)17-6-9-24-25(13-17)39-16-38-24/h6-15,19H,1-5,16H2,(H,36,37)(H,32,34,35). The first kappa shape index (κ1) is 22.9. The highest BCUT2D eigenvalue weighted by Crippen LogP contribution is 2.38. The van der Waals surface area contributed by atoms with Crippen LogP contribution in [0.5, 0.6) is 17.2 Å². The average Bonchev–Trinajstić information content (AvgIpc) is 3.75. The Bertz CT molecular complexity index is 1870. The molecule has 0 spiro atoms. The number of hydrogen-bond acceptors (Lipinski definition) is 8. The van der Waals surface area contributed by atoms with Gasteiger partial charge in [0.15, 0.2) is 28.7 Å². The van der Waals surface area contributed by atoms with E-state index in [9.17, 15) is 0 Å². The van der Waals surface area contributed by atoms with E-state index >= 15 is 0 Å². The van der Waals surface area contributed by atoms with E-state index in [0.29, 0.717) is 22.7 Å². The number of benzene rings is 1. The first-order chi connectivity index (χ1) is 19.8. The van der Waals surface area contributed by atoms with Crippen LogP contribution in [0.1, 0.15) is 32.1 Å². The van der Waals surface area contributed by atoms with Crippen LogP contribution in [0.15, 0.2) is 61.1 Å². The molecule has 1 aliphatic heterocycles. The minimum absolute atomic E-state index is 0.230. The number of nitrogens with zero attached hydrogens (tertiary/aromatic N) is 5. The third-order valence-electron chi connectivity index (χ3n) is 7.57. The molecule has 6 heterocycles. The summed E-state index contributed by atoms with van der Waals surface area (Å²) in [5.74, 6) is 2.82. The van der Waals surface area contributed by atoms with E-state index in [4.69, 9.17) is 24.2 Å². The van der Waals surface area contributed by atoms with E-state index in [1.807, 2.05) is 48.7 Å². The van der Waals surface area contributed by atoms with Crippen molar-refractivity contribution >= 4 is 22.2 Å². The Morgan fingerprint density at radius 3 is 2.75 bits per heavy atom. The largest absolute Gasteiger partial charge is 0.489 e. The van der Waals surface area contributed by atoms with Crippen molar-refractivity contribution in [3.05, 3.63) is 61.1 Å². The lowest BCUT2D eigenvalue weighted by Crippen LogP contribution is -2.19. The van der Waals surface area contributed by atoms with E-state index in [1.165, 1.54) is 19.3 Å². The molecule has 1 aromatic carbocycles. The summed E-state index contributed by atoms with van der Waals surface area (Å²) in [5.41, 5.74) is 7.14. The van der Waals surface area contributed by atoms with Gasteiger partial charge in [-0.3, -0.25) is 10.1 Å². The molecule has 10 heteroatoms. The Kier molecular flexibility index (Phi) is 5.35. The minimum atomic E-state index is 0.230. The lowest BCUT2D eigenvalue weighted by atomic mass is 9.98. The topological polar surface area (TPSA) is 124 Å². The summed E-state index contributed by atoms with van der Waals surface area (Å²) < 4.78 is 17.3. The highest BCUT2D eigenvalue weighted by atomic mass is 16.7. The summed E-state index contributed by atoms with van der Waals surface area (Å²) in [6.45, 7) is 0.230. The highest BCUT2D eigenvalue weighted by Gasteiger charge is 2.20. The van der Waals surface area contributed by atoms with Crippen LogP contribution in [0.3, 0.4) is 0 Å². The normalized spacial score (nSPS) is 15.2. The number of fused-ring (bicyclic) bond motifs is 3. The molecule has 0 amide bonds. The molecule has 0 bridgehead atoms. The Labute approximate surface area is 228 Å². The van der Waals surface area contributed by atoms with Gasteiger partial charge in [0.05, 0.1) is 29.0 Å². The van der Waals surface area contributed by atoms with Gasteiger partial charge < -0.3 is 19.2 Å². The summed E-state index contributed by atoms with van der Waals surface area (Å²) >= 11 is 0. The molecule has 6 aromatic rings. The van der Waals surface area contributed by atoms with Crippen LogP contribution in [0.2, 0.25) is 0 Å². The predicted molar refractivity (Wildman–Crippen MR) is 149 cm³/mol. The van der Waals surface area contributed by atoms with Gasteiger partial charge in [-0.25, -0.2) is 15.0 Å². The van der Waals surface area contributed by atoms with Crippen molar-refractivity contribution in [1.82, 2.24) is 35.1 Å². The highest BCUT2D eigenvalue weighted by molar-refractivity contribution is 5.95. The summed E-state index contributed by atoms with van der Waals surface area (Å²) in [7, 11) is 0. The number of rotatable bonds is 5. The van der Waals surface area contributed by atoms with Crippen LogP contribution in [0.25, 0.3) is 56.1 Å². The first-order valence-corrected chi connectivity index (χ1v) is 13.5. The molecule has 2 N–H and O–H groups in total. The number of imidazole rings is 1. The fraction of sp³-hybridized carbons (Fsp3) is 0.233. The van der Waals surface area contributed by atoms with Crippen molar-refractivity contribution < 1.29 is 14.2 Å². The second-order valence-corrected chi connectivity index (χ2v) is 10.2. The molecule has 0 unspecified atom stereocenters. The van der Waals surface area contributed by atoms with Gasteiger partial charge in [0.25, 0.3) is 0 Å². The third-order valence-corrected chi connectivity index (χ3v) is 7.57. The number of ether oxygens (including phenoxy) is 3. The molecule has 198 valence electrons. The predicted octanol–water partition coefficient (Wildman–Crippen LogP) is 6.07. The van der Waals surface area contributed by atoms with E-state index < -0.39 is 0 Å². The zero-order valence-corrected chi connectivity index (χ0v) is 21.6. The third kappa shape index (κ3) is 4.00. The fourth-order valence-corrected chi connectivity index (χ4v) is 5.55. The molecule has 2 aliphatic rings. The molecule has 0 saturated heterocycles. The van der Waals surface area contributed by atoms with E-state index in [1.54, 1.807) is 12.4 Å². The number of aromatic nitrogens is 7. The van der Waals surface area contributed by atoms with Gasteiger partial charge in [0.2, 0.25) is 6.79 Å². The van der Waals surface area contributed by atoms with Gasteiger partial charge in [-0.15, -0.1) is 0 Å². The van der Waals surface area contributed by atoms with E-state index in [-0.39, 0.29) is 12.9 Å². The number of aromatic amines is 2. The van der Waals surface area contributed by atoms with Crippen LogP contribution in [0.4, 0.5) is 0 Å². The minimum Gasteiger partial charge on any atom is -0.489 e. The zero-order chi connectivity index (χ0) is 26.5. The van der Waals surface area contributed by atoms with Crippen molar-refractivity contribution in [1.29, 1.82) is 0 Å². The lowest BCUT2D eigenvalue weighted by molar-refractivity contribution is 0.154. The summed E-state index contributed by atoms with van der Waals surface area (Å²) in [5, 5.41) is 7.64. The van der Waals surface area contributed by atoms with Crippen LogP contribution >= 0.6 is 0 Å². The van der Waals surface area contributed by atoms with Crippen LogP contribution in [-0.2, 0) is 0 Å². The van der Waals surface area contributed by atoms with Crippen LogP contribution in [0, 0.1) is 0 Å². The van der Waals surface area contributed by atoms with Gasteiger partial charge in [-0.2, -0.15) is 5.10 Å². The average molecular weight is 532 g/mol. The monoisotopic (exact) mass is 531 g/mol. The molecule has 0 atom stereocenters. The maximum atomic E-state index is 6.24. The number of H-pyrrole nitrogens is 2. The molecule has 10 nitrogen and oxygen atoms in total. The number of nitrogens with one attached hydrogen (secondary N) is 2. The zero-order valence-electron chi connectivity index (χ0n) is 21.6. The summed E-state index contributed by atoms with van der Waals surface area (Å²) in [6, 6.07) is 13.8. The molecule has 5 aromatic heterocycles. The number of pyridine rings is 3. The Morgan fingerprint density at radius 1 is 0.875 bits per heavy atom. The van der Waals surface area contributed by atoms with Crippen molar-refractivity contribution in [3.8, 4) is 51.2 Å². The Balaban J connectivity index is 1.16. The smallest absolute Gasteiger partial charge is 0.231 e. The molecule has 1 aliphatic carbocycles. The lowest BCUT2D eigenvalue weighted by Gasteiger charge is -2.22. The second kappa shape index (κ2) is 9.33. The van der Waals surface area contributed by atoms with Gasteiger partial charge in [0.1, 0.15) is 11.3 Å². The van der Waals surface area contributed by atoms with Gasteiger partial charge in [0, 0.05) is 23.5 Å². The van der Waals surface area contributed by atoms with Gasteiger partial charge in [-0.05, 0) is 67.6 Å². The van der Waals surface area contributed by atoms with Gasteiger partial charge >= 0.3 is 0 Å². The van der Waals surface area contributed by atoms with E-state index in [0.717, 1.165) is 63.5 Å². The van der Waals surface area contributed by atoms with Crippen LogP contribution < -0.4 is 14.2 Å². The molecule has 1 saturated carbocycles.